The molecular weight excluding hydrogens is 731 g/mol. The molecule has 0 N–H and O–H groups in total. The van der Waals surface area contributed by atoms with E-state index in [1.54, 1.807) is 67.1 Å². The molecule has 2 fully saturated rings. The summed E-state index contributed by atoms with van der Waals surface area (Å²) in [7, 11) is 1.61. The van der Waals surface area contributed by atoms with E-state index in [0.29, 0.717) is 67.5 Å². The molecular formula is C44H51N3O8S. The van der Waals surface area contributed by atoms with Crippen molar-refractivity contribution in [2.24, 2.45) is 16.9 Å². The molecule has 4 aromatic rings. The normalized spacial score (nSPS) is 17.3. The van der Waals surface area contributed by atoms with Crippen LogP contribution in [0.1, 0.15) is 89.0 Å². The first-order chi connectivity index (χ1) is 27.4. The number of fused-ring (bicyclic) bond motifs is 1. The molecule has 0 spiro atoms. The van der Waals surface area contributed by atoms with E-state index in [-0.39, 0.29) is 29.8 Å². The molecule has 0 saturated heterocycles. The van der Waals surface area contributed by atoms with Crippen molar-refractivity contribution in [1.29, 1.82) is 0 Å². The van der Waals surface area contributed by atoms with Gasteiger partial charge in [0.2, 0.25) is 5.13 Å². The Balaban J connectivity index is 0.964. The van der Waals surface area contributed by atoms with Gasteiger partial charge in [-0.1, -0.05) is 49.3 Å². The Bertz CT molecular complexity index is 1910. The largest absolute Gasteiger partial charge is 0.496 e. The second-order valence-electron chi connectivity index (χ2n) is 14.2. The molecule has 0 atom stereocenters. The van der Waals surface area contributed by atoms with Gasteiger partial charge in [0.05, 0.1) is 54.6 Å². The van der Waals surface area contributed by atoms with Gasteiger partial charge in [-0.3, -0.25) is 9.59 Å². The van der Waals surface area contributed by atoms with E-state index >= 15 is 0 Å². The summed E-state index contributed by atoms with van der Waals surface area (Å²) in [5.74, 6) is 0.588. The van der Waals surface area contributed by atoms with Gasteiger partial charge in [-0.05, 0) is 119 Å². The first-order valence-electron chi connectivity index (χ1n) is 19.7. The number of thiazole rings is 1. The van der Waals surface area contributed by atoms with Crippen molar-refractivity contribution < 1.29 is 38.1 Å². The molecule has 0 aliphatic heterocycles. The molecule has 0 radical (unpaired) electrons. The van der Waals surface area contributed by atoms with Crippen LogP contribution in [-0.4, -0.2) is 55.5 Å². The summed E-state index contributed by atoms with van der Waals surface area (Å²) in [6.45, 7) is 4.34. The number of benzene rings is 3. The molecule has 6 rings (SSSR count). The number of anilines is 1. The highest BCUT2D eigenvalue weighted by atomic mass is 32.1. The zero-order valence-electron chi connectivity index (χ0n) is 32.1. The van der Waals surface area contributed by atoms with Crippen LogP contribution in [0.3, 0.4) is 0 Å². The number of rotatable bonds is 18. The van der Waals surface area contributed by atoms with Crippen molar-refractivity contribution in [2.45, 2.75) is 89.5 Å². The van der Waals surface area contributed by atoms with E-state index in [0.717, 1.165) is 66.7 Å². The molecule has 11 nitrogen and oxygen atoms in total. The quantitative estimate of drug-likeness (QED) is 0.0241. The molecule has 1 heterocycles. The lowest BCUT2D eigenvalue weighted by Crippen LogP contribution is -2.32. The number of esters is 3. The summed E-state index contributed by atoms with van der Waals surface area (Å²) in [5, 5.41) is 7.88. The number of hydrazone groups is 1. The second kappa shape index (κ2) is 20.6. The van der Waals surface area contributed by atoms with Gasteiger partial charge in [0.25, 0.3) is 0 Å². The fourth-order valence-corrected chi connectivity index (χ4v) is 8.13. The molecule has 2 aliphatic carbocycles. The molecule has 2 aliphatic rings. The van der Waals surface area contributed by atoms with Crippen LogP contribution in [0, 0.1) is 11.8 Å². The predicted octanol–water partition coefficient (Wildman–Crippen LogP) is 9.46. The maximum Gasteiger partial charge on any atom is 0.330 e. The zero-order chi connectivity index (χ0) is 39.1. The monoisotopic (exact) mass is 781 g/mol. The Morgan fingerprint density at radius 3 is 2.12 bits per heavy atom. The van der Waals surface area contributed by atoms with Gasteiger partial charge in [0.1, 0.15) is 23.0 Å². The average Bonchev–Trinajstić information content (AvgIpc) is 3.67. The minimum Gasteiger partial charge on any atom is -0.496 e. The number of nitrogens with zero attached hydrogens (tertiary/aromatic N) is 3. The maximum absolute atomic E-state index is 13.3. The summed E-state index contributed by atoms with van der Waals surface area (Å²) < 4.78 is 29.1. The van der Waals surface area contributed by atoms with Crippen LogP contribution < -0.4 is 24.0 Å². The van der Waals surface area contributed by atoms with Crippen molar-refractivity contribution in [2.75, 3.05) is 25.3 Å². The highest BCUT2D eigenvalue weighted by Gasteiger charge is 2.32. The third kappa shape index (κ3) is 11.4. The number of carbonyl (C=O) groups is 3. The Morgan fingerprint density at radius 2 is 1.45 bits per heavy atom. The lowest BCUT2D eigenvalue weighted by molar-refractivity contribution is -0.145. The molecule has 12 heteroatoms. The van der Waals surface area contributed by atoms with Crippen molar-refractivity contribution in [3.05, 3.63) is 84.9 Å². The summed E-state index contributed by atoms with van der Waals surface area (Å²) >= 11 is 1.64. The van der Waals surface area contributed by atoms with Gasteiger partial charge in [-0.25, -0.2) is 14.8 Å². The number of aromatic nitrogens is 1. The first-order valence-corrected chi connectivity index (χ1v) is 20.5. The van der Waals surface area contributed by atoms with Gasteiger partial charge in [-0.2, -0.15) is 5.10 Å². The smallest absolute Gasteiger partial charge is 0.330 e. The average molecular weight is 782 g/mol. The predicted molar refractivity (Wildman–Crippen MR) is 218 cm³/mol. The van der Waals surface area contributed by atoms with E-state index in [9.17, 15) is 14.4 Å². The summed E-state index contributed by atoms with van der Waals surface area (Å²) in [6, 6.07) is 20.7. The van der Waals surface area contributed by atoms with E-state index in [4.69, 9.17) is 33.8 Å². The zero-order valence-corrected chi connectivity index (χ0v) is 32.9. The lowest BCUT2D eigenvalue weighted by atomic mass is 9.82. The molecule has 2 saturated carbocycles. The van der Waals surface area contributed by atoms with E-state index in [1.165, 1.54) is 12.5 Å². The van der Waals surface area contributed by atoms with Gasteiger partial charge < -0.3 is 23.7 Å². The van der Waals surface area contributed by atoms with Crippen LogP contribution in [0.25, 0.3) is 10.2 Å². The summed E-state index contributed by atoms with van der Waals surface area (Å²) in [4.78, 5) is 42.3. The lowest BCUT2D eigenvalue weighted by Gasteiger charge is -2.30. The van der Waals surface area contributed by atoms with E-state index in [1.807, 2.05) is 18.2 Å². The molecule has 56 heavy (non-hydrogen) atoms. The van der Waals surface area contributed by atoms with Gasteiger partial charge in [0, 0.05) is 11.6 Å². The number of carbonyl (C=O) groups excluding carboxylic acids is 3. The third-order valence-electron chi connectivity index (χ3n) is 10.3. The third-order valence-corrected chi connectivity index (χ3v) is 11.3. The van der Waals surface area contributed by atoms with Crippen molar-refractivity contribution in [3.8, 4) is 23.0 Å². The molecule has 0 bridgehead atoms. The number of hydrogen-bond donors (Lipinski definition) is 0. The highest BCUT2D eigenvalue weighted by molar-refractivity contribution is 7.22. The molecule has 3 aromatic carbocycles. The van der Waals surface area contributed by atoms with Gasteiger partial charge in [-0.15, -0.1) is 0 Å². The van der Waals surface area contributed by atoms with Crippen LogP contribution in [0.2, 0.25) is 0 Å². The number of unbranched alkanes of at least 4 members (excludes halogenated alkanes) is 3. The Hall–Kier alpha value is -5.23. The fourth-order valence-electron chi connectivity index (χ4n) is 7.13. The molecule has 0 unspecified atom stereocenters. The van der Waals surface area contributed by atoms with E-state index < -0.39 is 5.97 Å². The van der Waals surface area contributed by atoms with Crippen LogP contribution in [0.4, 0.5) is 5.13 Å². The topological polar surface area (TPSA) is 126 Å². The van der Waals surface area contributed by atoms with Gasteiger partial charge in [0.15, 0.2) is 0 Å². The minimum absolute atomic E-state index is 0.252. The van der Waals surface area contributed by atoms with Crippen molar-refractivity contribution >= 4 is 50.8 Å². The van der Waals surface area contributed by atoms with Crippen molar-refractivity contribution in [3.63, 3.8) is 0 Å². The highest BCUT2D eigenvalue weighted by Crippen LogP contribution is 2.35. The standard InChI is InChI=1S/C44H51N3O8S/c1-3-41(48)53-28-12-5-4-11-27-52-35-21-23-36(24-22-35)54-42(49)31-17-19-32(20-18-31)43(50)55-37-25-26-39(51-2)33(29-37)30-45-47(34-13-7-6-8-14-34)44-46-38-15-9-10-16-40(38)56-44/h3,9-10,15-16,21-26,29-32,34H,1,4-8,11-14,17-20,27-28H2,2H3/b45-30+. The number of methoxy groups -OCH3 is 1. The summed E-state index contributed by atoms with van der Waals surface area (Å²) in [5.41, 5.74) is 1.66. The van der Waals surface area contributed by atoms with Crippen LogP contribution in [0.5, 0.6) is 23.0 Å². The maximum atomic E-state index is 13.3. The Morgan fingerprint density at radius 1 is 0.804 bits per heavy atom. The van der Waals surface area contributed by atoms with Crippen molar-refractivity contribution in [1.82, 2.24) is 4.98 Å². The van der Waals surface area contributed by atoms with Crippen LogP contribution in [0.15, 0.2) is 84.5 Å². The number of ether oxygens (including phenoxy) is 5. The second-order valence-corrected chi connectivity index (χ2v) is 15.3. The first kappa shape index (κ1) is 40.4. The van der Waals surface area contributed by atoms with E-state index in [2.05, 4.69) is 17.7 Å². The van der Waals surface area contributed by atoms with Crippen LogP contribution in [-0.2, 0) is 19.1 Å². The number of para-hydroxylation sites is 1. The van der Waals surface area contributed by atoms with Gasteiger partial charge >= 0.3 is 17.9 Å². The Kier molecular flexibility index (Phi) is 14.9. The summed E-state index contributed by atoms with van der Waals surface area (Å²) in [6.07, 6.45) is 14.3. The Labute approximate surface area is 332 Å². The molecule has 1 aromatic heterocycles. The SMILES string of the molecule is C=CC(=O)OCCCCCCOc1ccc(OC(=O)C2CCC(C(=O)Oc3ccc(OC)c(/C=N/N(c4nc5ccccc5s4)C4CCCCC4)c3)CC2)cc1. The fraction of sp³-hybridized carbons (Fsp3) is 0.432. The molecule has 296 valence electrons. The minimum atomic E-state index is -0.395. The van der Waals surface area contributed by atoms with Crippen LogP contribution >= 0.6 is 11.3 Å². The number of hydrogen-bond acceptors (Lipinski definition) is 12. The molecule has 0 amide bonds.